The number of thiophene rings is 1. The first kappa shape index (κ1) is 9.66. The average molecular weight is 241 g/mol. The van der Waals surface area contributed by atoms with Crippen LogP contribution in [0.25, 0.3) is 10.6 Å². The topological polar surface area (TPSA) is 36.7 Å². The number of nitriles is 1. The van der Waals surface area contributed by atoms with E-state index in [1.54, 1.807) is 0 Å². The molecule has 0 spiro atoms. The van der Waals surface area contributed by atoms with E-state index in [-0.39, 0.29) is 0 Å². The first-order valence-electron chi connectivity index (χ1n) is 3.84. The van der Waals surface area contributed by atoms with E-state index in [0.29, 0.717) is 4.88 Å². The van der Waals surface area contributed by atoms with Crippen LogP contribution in [0, 0.1) is 18.3 Å². The summed E-state index contributed by atoms with van der Waals surface area (Å²) in [6, 6.07) is 5.85. The second-order valence-electron chi connectivity index (χ2n) is 2.63. The minimum Gasteiger partial charge on any atom is -0.239 e. The van der Waals surface area contributed by atoms with E-state index in [9.17, 15) is 0 Å². The molecule has 0 radical (unpaired) electrons. The first-order valence-corrected chi connectivity index (χ1v) is 5.85. The second kappa shape index (κ2) is 3.70. The van der Waals surface area contributed by atoms with Crippen LogP contribution in [-0.2, 0) is 0 Å². The smallest absolute Gasteiger partial charge is 0.133 e. The Bertz CT molecular complexity index is 507. The number of hydrogen-bond acceptors (Lipinski definition) is 4. The molecule has 2 aromatic rings. The van der Waals surface area contributed by atoms with Crippen molar-refractivity contribution in [1.82, 2.24) is 4.98 Å². The van der Waals surface area contributed by atoms with Crippen molar-refractivity contribution in [2.75, 3.05) is 0 Å². The van der Waals surface area contributed by atoms with Gasteiger partial charge in [0.1, 0.15) is 16.6 Å². The predicted octanol–water partition coefficient (Wildman–Crippen LogP) is 3.71. The zero-order valence-corrected chi connectivity index (χ0v) is 9.63. The lowest BCUT2D eigenvalue weighted by molar-refractivity contribution is 1.30. The molecule has 0 bridgehead atoms. The van der Waals surface area contributed by atoms with Gasteiger partial charge >= 0.3 is 0 Å². The first-order chi connectivity index (χ1) is 6.70. The Hall–Kier alpha value is -0.890. The Morgan fingerprint density at radius 1 is 1.43 bits per heavy atom. The van der Waals surface area contributed by atoms with Crippen molar-refractivity contribution in [1.29, 1.82) is 5.26 Å². The molecule has 0 amide bonds. The molecule has 0 N–H and O–H groups in total. The maximum Gasteiger partial charge on any atom is 0.133 e. The molecule has 0 saturated carbocycles. The summed E-state index contributed by atoms with van der Waals surface area (Å²) in [5.74, 6) is 0. The fourth-order valence-electron chi connectivity index (χ4n) is 1.11. The standard InChI is InChI=1S/C9H5ClN2S2/c1-5-12-9(7(4-11)13-5)6-2-3-8(10)14-6/h2-3H,1H3. The zero-order chi connectivity index (χ0) is 10.1. The molecule has 0 unspecified atom stereocenters. The van der Waals surface area contributed by atoms with Gasteiger partial charge in [-0.15, -0.1) is 22.7 Å². The van der Waals surface area contributed by atoms with Crippen LogP contribution in [-0.4, -0.2) is 4.98 Å². The lowest BCUT2D eigenvalue weighted by atomic mass is 10.3. The van der Waals surface area contributed by atoms with Crippen molar-refractivity contribution in [2.45, 2.75) is 6.92 Å². The lowest BCUT2D eigenvalue weighted by Crippen LogP contribution is -1.75. The maximum atomic E-state index is 8.89. The number of aryl methyl sites for hydroxylation is 1. The van der Waals surface area contributed by atoms with Crippen molar-refractivity contribution in [3.8, 4) is 16.6 Å². The van der Waals surface area contributed by atoms with Gasteiger partial charge in [-0.3, -0.25) is 0 Å². The van der Waals surface area contributed by atoms with Crippen LogP contribution in [0.5, 0.6) is 0 Å². The van der Waals surface area contributed by atoms with Gasteiger partial charge < -0.3 is 0 Å². The normalized spacial score (nSPS) is 10.1. The molecule has 0 aliphatic carbocycles. The molecule has 0 saturated heterocycles. The van der Waals surface area contributed by atoms with Gasteiger partial charge in [0.05, 0.1) is 14.2 Å². The summed E-state index contributed by atoms with van der Waals surface area (Å²) >= 11 is 8.68. The highest BCUT2D eigenvalue weighted by Crippen LogP contribution is 2.34. The molecular formula is C9H5ClN2S2. The van der Waals surface area contributed by atoms with Crippen molar-refractivity contribution >= 4 is 34.3 Å². The molecule has 2 rings (SSSR count). The van der Waals surface area contributed by atoms with Crippen LogP contribution >= 0.6 is 34.3 Å². The molecule has 2 heterocycles. The Morgan fingerprint density at radius 3 is 2.79 bits per heavy atom. The van der Waals surface area contributed by atoms with E-state index in [1.165, 1.54) is 22.7 Å². The Morgan fingerprint density at radius 2 is 2.21 bits per heavy atom. The van der Waals surface area contributed by atoms with Gasteiger partial charge in [-0.05, 0) is 19.1 Å². The summed E-state index contributed by atoms with van der Waals surface area (Å²) in [6.07, 6.45) is 0. The largest absolute Gasteiger partial charge is 0.239 e. The summed E-state index contributed by atoms with van der Waals surface area (Å²) in [5, 5.41) is 9.80. The summed E-state index contributed by atoms with van der Waals surface area (Å²) < 4.78 is 0.717. The van der Waals surface area contributed by atoms with Crippen molar-refractivity contribution in [3.63, 3.8) is 0 Å². The Balaban J connectivity index is 2.56. The van der Waals surface area contributed by atoms with E-state index in [0.717, 1.165) is 19.9 Å². The third kappa shape index (κ3) is 1.67. The average Bonchev–Trinajstić information content (AvgIpc) is 2.71. The summed E-state index contributed by atoms with van der Waals surface area (Å²) in [6.45, 7) is 1.89. The molecular weight excluding hydrogens is 236 g/mol. The van der Waals surface area contributed by atoms with Gasteiger partial charge in [-0.2, -0.15) is 5.26 Å². The van der Waals surface area contributed by atoms with Crippen LogP contribution in [0.15, 0.2) is 12.1 Å². The molecule has 2 nitrogen and oxygen atoms in total. The minimum atomic E-state index is 0.654. The number of thiazole rings is 1. The van der Waals surface area contributed by atoms with E-state index in [1.807, 2.05) is 19.1 Å². The zero-order valence-electron chi connectivity index (χ0n) is 7.24. The van der Waals surface area contributed by atoms with E-state index in [4.69, 9.17) is 16.9 Å². The SMILES string of the molecule is Cc1nc(-c2ccc(Cl)s2)c(C#N)s1. The van der Waals surface area contributed by atoms with Crippen LogP contribution in [0.2, 0.25) is 4.34 Å². The van der Waals surface area contributed by atoms with E-state index in [2.05, 4.69) is 11.1 Å². The summed E-state index contributed by atoms with van der Waals surface area (Å²) in [7, 11) is 0. The molecule has 14 heavy (non-hydrogen) atoms. The van der Waals surface area contributed by atoms with Gasteiger partial charge in [0.15, 0.2) is 0 Å². The molecule has 2 aromatic heterocycles. The highest BCUT2D eigenvalue weighted by Gasteiger charge is 2.12. The Kier molecular flexibility index (Phi) is 2.55. The fourth-order valence-corrected chi connectivity index (χ4v) is 2.95. The second-order valence-corrected chi connectivity index (χ2v) is 5.54. The summed E-state index contributed by atoms with van der Waals surface area (Å²) in [5.41, 5.74) is 0.756. The van der Waals surface area contributed by atoms with Crippen molar-refractivity contribution in [2.24, 2.45) is 0 Å². The van der Waals surface area contributed by atoms with Crippen molar-refractivity contribution in [3.05, 3.63) is 26.4 Å². The maximum absolute atomic E-state index is 8.89. The highest BCUT2D eigenvalue weighted by atomic mass is 35.5. The van der Waals surface area contributed by atoms with Crippen LogP contribution in [0.4, 0.5) is 0 Å². The van der Waals surface area contributed by atoms with Gasteiger partial charge in [-0.25, -0.2) is 4.98 Å². The quantitative estimate of drug-likeness (QED) is 0.762. The number of rotatable bonds is 1. The van der Waals surface area contributed by atoms with Crippen LogP contribution in [0.1, 0.15) is 9.88 Å². The van der Waals surface area contributed by atoms with Crippen molar-refractivity contribution < 1.29 is 0 Å². The van der Waals surface area contributed by atoms with Gasteiger partial charge in [0.25, 0.3) is 0 Å². The number of aromatic nitrogens is 1. The number of nitrogens with zero attached hydrogens (tertiary/aromatic N) is 2. The number of halogens is 1. The van der Waals surface area contributed by atoms with E-state index < -0.39 is 0 Å². The molecule has 0 atom stereocenters. The van der Waals surface area contributed by atoms with Gasteiger partial charge in [0, 0.05) is 0 Å². The molecule has 0 fully saturated rings. The monoisotopic (exact) mass is 240 g/mol. The Labute approximate surface area is 94.4 Å². The highest BCUT2D eigenvalue weighted by molar-refractivity contribution is 7.20. The van der Waals surface area contributed by atoms with Crippen LogP contribution < -0.4 is 0 Å². The summed E-state index contributed by atoms with van der Waals surface area (Å²) in [4.78, 5) is 5.92. The molecule has 0 aromatic carbocycles. The molecule has 0 aliphatic rings. The third-order valence-electron chi connectivity index (χ3n) is 1.64. The number of hydrogen-bond donors (Lipinski definition) is 0. The third-order valence-corrected chi connectivity index (χ3v) is 3.76. The molecule has 0 aliphatic heterocycles. The molecule has 5 heteroatoms. The van der Waals surface area contributed by atoms with Crippen LogP contribution in [0.3, 0.4) is 0 Å². The predicted molar refractivity (Wildman–Crippen MR) is 59.9 cm³/mol. The lowest BCUT2D eigenvalue weighted by Gasteiger charge is -1.88. The van der Waals surface area contributed by atoms with Gasteiger partial charge in [0.2, 0.25) is 0 Å². The minimum absolute atomic E-state index is 0.654. The van der Waals surface area contributed by atoms with Gasteiger partial charge in [-0.1, -0.05) is 11.6 Å². The fraction of sp³-hybridized carbons (Fsp3) is 0.111. The van der Waals surface area contributed by atoms with E-state index >= 15 is 0 Å². The molecule has 70 valence electrons.